The van der Waals surface area contributed by atoms with Gasteiger partial charge in [0, 0.05) is 24.2 Å². The Morgan fingerprint density at radius 3 is 2.44 bits per heavy atom. The van der Waals surface area contributed by atoms with E-state index in [-0.39, 0.29) is 24.8 Å². The van der Waals surface area contributed by atoms with E-state index in [4.69, 9.17) is 16.3 Å². The SMILES string of the molecule is CC(=O)Nc1ccc(CC(=O)OCC(=O)NCCc2cccc(Cl)c2)cc1. The second-order valence-corrected chi connectivity index (χ2v) is 6.38. The van der Waals surface area contributed by atoms with E-state index in [9.17, 15) is 14.4 Å². The maximum atomic E-state index is 11.8. The highest BCUT2D eigenvalue weighted by Crippen LogP contribution is 2.11. The van der Waals surface area contributed by atoms with Gasteiger partial charge < -0.3 is 15.4 Å². The summed E-state index contributed by atoms with van der Waals surface area (Å²) in [6.07, 6.45) is 0.692. The lowest BCUT2D eigenvalue weighted by atomic mass is 10.1. The summed E-state index contributed by atoms with van der Waals surface area (Å²) in [4.78, 5) is 34.5. The topological polar surface area (TPSA) is 84.5 Å². The van der Waals surface area contributed by atoms with Crippen molar-refractivity contribution in [2.45, 2.75) is 19.8 Å². The highest BCUT2D eigenvalue weighted by Gasteiger charge is 2.09. The van der Waals surface area contributed by atoms with Crippen molar-refractivity contribution in [1.82, 2.24) is 5.32 Å². The minimum atomic E-state index is -0.493. The third-order valence-corrected chi connectivity index (χ3v) is 3.85. The summed E-state index contributed by atoms with van der Waals surface area (Å²) in [5.41, 5.74) is 2.40. The van der Waals surface area contributed by atoms with Crippen molar-refractivity contribution in [2.24, 2.45) is 0 Å². The minimum absolute atomic E-state index is 0.0517. The first-order valence-electron chi connectivity index (χ1n) is 8.45. The number of amides is 2. The molecule has 0 aliphatic carbocycles. The molecular weight excluding hydrogens is 368 g/mol. The van der Waals surface area contributed by atoms with Crippen LogP contribution in [-0.2, 0) is 32.0 Å². The average molecular weight is 389 g/mol. The lowest BCUT2D eigenvalue weighted by Gasteiger charge is -2.08. The predicted molar refractivity (Wildman–Crippen MR) is 104 cm³/mol. The Labute approximate surface area is 162 Å². The van der Waals surface area contributed by atoms with E-state index in [1.54, 1.807) is 30.3 Å². The Bertz CT molecular complexity index is 806. The van der Waals surface area contributed by atoms with Gasteiger partial charge in [-0.15, -0.1) is 0 Å². The summed E-state index contributed by atoms with van der Waals surface area (Å²) in [7, 11) is 0. The van der Waals surface area contributed by atoms with E-state index in [2.05, 4.69) is 10.6 Å². The largest absolute Gasteiger partial charge is 0.455 e. The van der Waals surface area contributed by atoms with Crippen molar-refractivity contribution in [3.05, 3.63) is 64.7 Å². The number of esters is 1. The summed E-state index contributed by atoms with van der Waals surface area (Å²) in [6, 6.07) is 14.2. The predicted octanol–water partition coefficient (Wildman–Crippen LogP) is 2.74. The number of hydrogen-bond donors (Lipinski definition) is 2. The summed E-state index contributed by atoms with van der Waals surface area (Å²) in [5, 5.41) is 5.99. The molecule has 2 rings (SSSR count). The normalized spacial score (nSPS) is 10.1. The van der Waals surface area contributed by atoms with Crippen molar-refractivity contribution < 1.29 is 19.1 Å². The number of hydrogen-bond acceptors (Lipinski definition) is 4. The summed E-state index contributed by atoms with van der Waals surface area (Å²) in [5.74, 6) is -1.01. The van der Waals surface area contributed by atoms with Crippen molar-refractivity contribution in [3.8, 4) is 0 Å². The summed E-state index contributed by atoms with van der Waals surface area (Å²) >= 11 is 5.90. The molecule has 0 saturated heterocycles. The maximum absolute atomic E-state index is 11.8. The highest BCUT2D eigenvalue weighted by molar-refractivity contribution is 6.30. The lowest BCUT2D eigenvalue weighted by Crippen LogP contribution is -2.30. The number of carbonyl (C=O) groups is 3. The minimum Gasteiger partial charge on any atom is -0.455 e. The average Bonchev–Trinajstić information content (AvgIpc) is 2.61. The Kier molecular flexibility index (Phi) is 7.82. The molecular formula is C20H21ClN2O4. The molecule has 27 heavy (non-hydrogen) atoms. The Hall–Kier alpha value is -2.86. The van der Waals surface area contributed by atoms with Crippen molar-refractivity contribution in [3.63, 3.8) is 0 Å². The second kappa shape index (κ2) is 10.3. The van der Waals surface area contributed by atoms with Gasteiger partial charge in [-0.3, -0.25) is 14.4 Å². The number of ether oxygens (including phenoxy) is 1. The fraction of sp³-hybridized carbons (Fsp3) is 0.250. The van der Waals surface area contributed by atoms with Crippen LogP contribution in [0.1, 0.15) is 18.1 Å². The fourth-order valence-electron chi connectivity index (χ4n) is 2.36. The molecule has 0 radical (unpaired) electrons. The Balaban J connectivity index is 1.67. The number of nitrogens with one attached hydrogen (secondary N) is 2. The molecule has 0 aliphatic rings. The number of benzene rings is 2. The van der Waals surface area contributed by atoms with Crippen LogP contribution in [-0.4, -0.2) is 30.9 Å². The molecule has 0 atom stereocenters. The van der Waals surface area contributed by atoms with Gasteiger partial charge in [0.1, 0.15) is 0 Å². The van der Waals surface area contributed by atoms with Gasteiger partial charge in [-0.2, -0.15) is 0 Å². The molecule has 0 saturated carbocycles. The van der Waals surface area contributed by atoms with Crippen LogP contribution >= 0.6 is 11.6 Å². The van der Waals surface area contributed by atoms with Crippen LogP contribution < -0.4 is 10.6 Å². The number of rotatable bonds is 8. The van der Waals surface area contributed by atoms with Gasteiger partial charge in [0.15, 0.2) is 6.61 Å². The van der Waals surface area contributed by atoms with Gasteiger partial charge >= 0.3 is 5.97 Å². The van der Waals surface area contributed by atoms with Gasteiger partial charge in [0.2, 0.25) is 5.91 Å². The molecule has 2 aromatic carbocycles. The van der Waals surface area contributed by atoms with Crippen LogP contribution in [0.5, 0.6) is 0 Å². The fourth-order valence-corrected chi connectivity index (χ4v) is 2.58. The molecule has 0 unspecified atom stereocenters. The molecule has 0 aromatic heterocycles. The number of carbonyl (C=O) groups excluding carboxylic acids is 3. The monoisotopic (exact) mass is 388 g/mol. The molecule has 0 bridgehead atoms. The van der Waals surface area contributed by atoms with Crippen LogP contribution in [0.3, 0.4) is 0 Å². The van der Waals surface area contributed by atoms with Crippen LogP contribution in [0, 0.1) is 0 Å². The zero-order chi connectivity index (χ0) is 19.6. The molecule has 2 aromatic rings. The first-order chi connectivity index (χ1) is 12.9. The third-order valence-electron chi connectivity index (χ3n) is 3.61. The molecule has 0 fully saturated rings. The first-order valence-corrected chi connectivity index (χ1v) is 8.83. The Morgan fingerprint density at radius 2 is 1.78 bits per heavy atom. The van der Waals surface area contributed by atoms with E-state index in [0.717, 1.165) is 11.1 Å². The van der Waals surface area contributed by atoms with Crippen LogP contribution in [0.4, 0.5) is 5.69 Å². The standard InChI is InChI=1S/C20H21ClN2O4/c1-14(24)23-18-7-5-16(6-8-18)12-20(26)27-13-19(25)22-10-9-15-3-2-4-17(21)11-15/h2-8,11H,9-10,12-13H2,1H3,(H,22,25)(H,23,24). The van der Waals surface area contributed by atoms with Gasteiger partial charge in [-0.25, -0.2) is 0 Å². The lowest BCUT2D eigenvalue weighted by molar-refractivity contribution is -0.147. The highest BCUT2D eigenvalue weighted by atomic mass is 35.5. The van der Waals surface area contributed by atoms with Crippen LogP contribution in [0.15, 0.2) is 48.5 Å². The smallest absolute Gasteiger partial charge is 0.310 e. The first kappa shape index (κ1) is 20.5. The Morgan fingerprint density at radius 1 is 1.04 bits per heavy atom. The number of anilines is 1. The molecule has 7 heteroatoms. The summed E-state index contributed by atoms with van der Waals surface area (Å²) in [6.45, 7) is 1.53. The molecule has 0 spiro atoms. The van der Waals surface area contributed by atoms with Crippen molar-refractivity contribution in [1.29, 1.82) is 0 Å². The van der Waals surface area contributed by atoms with Crippen LogP contribution in [0.25, 0.3) is 0 Å². The van der Waals surface area contributed by atoms with Crippen molar-refractivity contribution in [2.75, 3.05) is 18.5 Å². The van der Waals surface area contributed by atoms with E-state index < -0.39 is 5.97 Å². The zero-order valence-electron chi connectivity index (χ0n) is 15.0. The zero-order valence-corrected chi connectivity index (χ0v) is 15.7. The van der Waals surface area contributed by atoms with E-state index in [0.29, 0.717) is 23.7 Å². The molecule has 142 valence electrons. The van der Waals surface area contributed by atoms with Gasteiger partial charge in [-0.05, 0) is 41.8 Å². The van der Waals surface area contributed by atoms with Crippen molar-refractivity contribution >= 4 is 35.1 Å². The molecule has 2 N–H and O–H groups in total. The second-order valence-electron chi connectivity index (χ2n) is 5.95. The quantitative estimate of drug-likeness (QED) is 0.681. The van der Waals surface area contributed by atoms with Gasteiger partial charge in [-0.1, -0.05) is 35.9 Å². The molecule has 0 aliphatic heterocycles. The molecule has 0 heterocycles. The number of halogens is 1. The third kappa shape index (κ3) is 7.92. The van der Waals surface area contributed by atoms with E-state index in [1.807, 2.05) is 18.2 Å². The summed E-state index contributed by atoms with van der Waals surface area (Å²) < 4.78 is 4.98. The molecule has 2 amide bonds. The van der Waals surface area contributed by atoms with E-state index >= 15 is 0 Å². The van der Waals surface area contributed by atoms with Gasteiger partial charge in [0.25, 0.3) is 5.91 Å². The molecule has 6 nitrogen and oxygen atoms in total. The van der Waals surface area contributed by atoms with Gasteiger partial charge in [0.05, 0.1) is 6.42 Å². The van der Waals surface area contributed by atoms with Crippen LogP contribution in [0.2, 0.25) is 5.02 Å². The van der Waals surface area contributed by atoms with E-state index in [1.165, 1.54) is 6.92 Å². The maximum Gasteiger partial charge on any atom is 0.310 e.